The molecule has 0 amide bonds. The maximum absolute atomic E-state index is 9.60. The fourth-order valence-corrected chi connectivity index (χ4v) is 6.20. The quantitative estimate of drug-likeness (QED) is 0.203. The van der Waals surface area contributed by atoms with E-state index in [1.54, 1.807) is 6.07 Å². The number of hydrogen-bond acceptors (Lipinski definition) is 6. The third kappa shape index (κ3) is 4.15. The molecule has 0 saturated carbocycles. The van der Waals surface area contributed by atoms with Gasteiger partial charge in [-0.05, 0) is 47.5 Å². The van der Waals surface area contributed by atoms with Crippen molar-refractivity contribution in [3.8, 4) is 51.4 Å². The highest BCUT2D eigenvalue weighted by atomic mass is 16.3. The van der Waals surface area contributed by atoms with Gasteiger partial charge in [-0.15, -0.1) is 0 Å². The number of benzene rings is 6. The fraction of sp³-hybridized carbons (Fsp3) is 0. The Labute approximate surface area is 262 Å². The Kier molecular flexibility index (Phi) is 5.77. The lowest BCUT2D eigenvalue weighted by atomic mass is 9.99. The first-order valence-corrected chi connectivity index (χ1v) is 14.9. The van der Waals surface area contributed by atoms with Gasteiger partial charge in [0.2, 0.25) is 0 Å². The van der Waals surface area contributed by atoms with Gasteiger partial charge >= 0.3 is 0 Å². The second kappa shape index (κ2) is 10.3. The maximum atomic E-state index is 9.60. The Hall–Kier alpha value is -6.58. The molecule has 0 atom stereocenters. The maximum Gasteiger partial charge on any atom is 0.164 e. The fourth-order valence-electron chi connectivity index (χ4n) is 6.20. The zero-order valence-electron chi connectivity index (χ0n) is 24.3. The van der Waals surface area contributed by atoms with Crippen LogP contribution in [0.3, 0.4) is 0 Å². The van der Waals surface area contributed by atoms with Gasteiger partial charge in [0, 0.05) is 38.2 Å². The van der Waals surface area contributed by atoms with E-state index in [9.17, 15) is 5.26 Å². The molecule has 3 aromatic heterocycles. The van der Waals surface area contributed by atoms with Gasteiger partial charge < -0.3 is 8.83 Å². The summed E-state index contributed by atoms with van der Waals surface area (Å²) in [4.78, 5) is 14.8. The Morgan fingerprint density at radius 2 is 1.07 bits per heavy atom. The highest BCUT2D eigenvalue weighted by Crippen LogP contribution is 2.38. The van der Waals surface area contributed by atoms with Gasteiger partial charge in [0.15, 0.2) is 23.1 Å². The van der Waals surface area contributed by atoms with Crippen molar-refractivity contribution < 1.29 is 8.83 Å². The number of aromatic nitrogens is 3. The second-order valence-corrected chi connectivity index (χ2v) is 11.1. The van der Waals surface area contributed by atoms with Gasteiger partial charge in [-0.25, -0.2) is 15.0 Å². The number of nitrogens with zero attached hydrogens (tertiary/aromatic N) is 4. The first kappa shape index (κ1) is 25.9. The van der Waals surface area contributed by atoms with E-state index in [1.807, 2.05) is 103 Å². The highest BCUT2D eigenvalue weighted by molar-refractivity contribution is 6.13. The van der Waals surface area contributed by atoms with Crippen LogP contribution in [-0.4, -0.2) is 15.0 Å². The van der Waals surface area contributed by atoms with Crippen LogP contribution in [0.5, 0.6) is 0 Å². The van der Waals surface area contributed by atoms with E-state index in [-0.39, 0.29) is 0 Å². The first-order valence-electron chi connectivity index (χ1n) is 14.9. The molecule has 0 aliphatic heterocycles. The smallest absolute Gasteiger partial charge is 0.164 e. The number of nitriles is 1. The number of hydrogen-bond donors (Lipinski definition) is 0. The molecule has 6 aromatic carbocycles. The molecule has 214 valence electrons. The molecule has 0 unspecified atom stereocenters. The van der Waals surface area contributed by atoms with Gasteiger partial charge in [-0.2, -0.15) is 5.26 Å². The van der Waals surface area contributed by atoms with Crippen LogP contribution in [0.15, 0.2) is 142 Å². The molecule has 46 heavy (non-hydrogen) atoms. The first-order chi connectivity index (χ1) is 22.7. The molecule has 9 aromatic rings. The lowest BCUT2D eigenvalue weighted by Gasteiger charge is -2.08. The summed E-state index contributed by atoms with van der Waals surface area (Å²) in [6.45, 7) is 0. The summed E-state index contributed by atoms with van der Waals surface area (Å²) in [5, 5.41) is 13.5. The summed E-state index contributed by atoms with van der Waals surface area (Å²) in [6.07, 6.45) is 0. The van der Waals surface area contributed by atoms with E-state index in [0.717, 1.165) is 60.5 Å². The largest absolute Gasteiger partial charge is 0.456 e. The Morgan fingerprint density at radius 3 is 1.76 bits per heavy atom. The van der Waals surface area contributed by atoms with Crippen molar-refractivity contribution in [2.24, 2.45) is 0 Å². The molecule has 0 N–H and O–H groups in total. The summed E-state index contributed by atoms with van der Waals surface area (Å²) >= 11 is 0. The molecule has 0 bridgehead atoms. The van der Waals surface area contributed by atoms with Crippen molar-refractivity contribution in [1.82, 2.24) is 15.0 Å². The molecule has 9 rings (SSSR count). The predicted octanol–water partition coefficient (Wildman–Crippen LogP) is 10.2. The summed E-state index contributed by atoms with van der Waals surface area (Å²) < 4.78 is 12.6. The highest BCUT2D eigenvalue weighted by Gasteiger charge is 2.18. The molecule has 6 nitrogen and oxygen atoms in total. The summed E-state index contributed by atoms with van der Waals surface area (Å²) in [5.74, 6) is 1.61. The molecule has 0 aliphatic carbocycles. The minimum Gasteiger partial charge on any atom is -0.456 e. The van der Waals surface area contributed by atoms with Crippen LogP contribution in [0.2, 0.25) is 0 Å². The van der Waals surface area contributed by atoms with Crippen molar-refractivity contribution in [1.29, 1.82) is 5.26 Å². The van der Waals surface area contributed by atoms with Crippen LogP contribution < -0.4 is 0 Å². The number of rotatable bonds is 4. The van der Waals surface area contributed by atoms with E-state index >= 15 is 0 Å². The molecule has 0 saturated heterocycles. The Bertz CT molecular complexity index is 2650. The van der Waals surface area contributed by atoms with Crippen molar-refractivity contribution in [3.05, 3.63) is 139 Å². The van der Waals surface area contributed by atoms with Gasteiger partial charge in [0.1, 0.15) is 22.8 Å². The minimum atomic E-state index is 0.501. The van der Waals surface area contributed by atoms with Gasteiger partial charge in [-0.1, -0.05) is 97.1 Å². The minimum absolute atomic E-state index is 0.501. The molecular weight excluding hydrogens is 568 g/mol. The van der Waals surface area contributed by atoms with Gasteiger partial charge in [-0.3, -0.25) is 0 Å². The Morgan fingerprint density at radius 1 is 0.457 bits per heavy atom. The summed E-state index contributed by atoms with van der Waals surface area (Å²) in [5.41, 5.74) is 8.07. The van der Waals surface area contributed by atoms with Crippen LogP contribution in [-0.2, 0) is 0 Å². The van der Waals surface area contributed by atoms with E-state index in [4.69, 9.17) is 23.8 Å². The van der Waals surface area contributed by atoms with Crippen LogP contribution in [0, 0.1) is 11.3 Å². The molecule has 0 aliphatic rings. The predicted molar refractivity (Wildman–Crippen MR) is 181 cm³/mol. The topological polar surface area (TPSA) is 88.7 Å². The van der Waals surface area contributed by atoms with Crippen molar-refractivity contribution in [2.75, 3.05) is 0 Å². The van der Waals surface area contributed by atoms with Crippen LogP contribution in [0.4, 0.5) is 0 Å². The molecule has 0 fully saturated rings. The number of furan rings is 2. The third-order valence-electron chi connectivity index (χ3n) is 8.38. The van der Waals surface area contributed by atoms with Crippen molar-refractivity contribution in [2.45, 2.75) is 0 Å². The average Bonchev–Trinajstić information content (AvgIpc) is 3.70. The zero-order valence-corrected chi connectivity index (χ0v) is 24.3. The van der Waals surface area contributed by atoms with E-state index in [2.05, 4.69) is 30.3 Å². The standard InChI is InChI=1S/C40H22N4O2/c41-23-28-13-7-15-31-30-19-17-26(21-34(30)46-37(28)31)39-42-38(25-11-5-2-6-12-25)43-40(44-39)27-18-20-32-35(22-27)45-33-16-8-14-29(36(32)33)24-9-3-1-4-10-24/h1-22H. The third-order valence-corrected chi connectivity index (χ3v) is 8.38. The number of fused-ring (bicyclic) bond motifs is 6. The van der Waals surface area contributed by atoms with E-state index in [1.165, 1.54) is 0 Å². The van der Waals surface area contributed by atoms with Crippen LogP contribution >= 0.6 is 0 Å². The summed E-state index contributed by atoms with van der Waals surface area (Å²) in [7, 11) is 0. The van der Waals surface area contributed by atoms with Crippen LogP contribution in [0.1, 0.15) is 5.56 Å². The molecular formula is C40H22N4O2. The van der Waals surface area contributed by atoms with Gasteiger partial charge in [0.25, 0.3) is 0 Å². The lowest BCUT2D eigenvalue weighted by molar-refractivity contribution is 0.667. The average molecular weight is 591 g/mol. The SMILES string of the molecule is N#Cc1cccc2c1oc1cc(-c3nc(-c4ccccc4)nc(-c4ccc5c(c4)oc4cccc(-c6ccccc6)c45)n3)ccc12. The molecule has 0 radical (unpaired) electrons. The second-order valence-electron chi connectivity index (χ2n) is 11.1. The van der Waals surface area contributed by atoms with E-state index in [0.29, 0.717) is 34.2 Å². The van der Waals surface area contributed by atoms with Crippen LogP contribution in [0.25, 0.3) is 89.2 Å². The molecule has 3 heterocycles. The normalized spacial score (nSPS) is 11.5. The van der Waals surface area contributed by atoms with Crippen molar-refractivity contribution >= 4 is 43.9 Å². The Balaban J connectivity index is 1.22. The molecule has 6 heteroatoms. The van der Waals surface area contributed by atoms with E-state index < -0.39 is 0 Å². The molecule has 0 spiro atoms. The van der Waals surface area contributed by atoms with Gasteiger partial charge in [0.05, 0.1) is 5.56 Å². The lowest BCUT2D eigenvalue weighted by Crippen LogP contribution is -2.00. The van der Waals surface area contributed by atoms with Crippen molar-refractivity contribution in [3.63, 3.8) is 0 Å². The summed E-state index contributed by atoms with van der Waals surface area (Å²) in [6, 6.07) is 46.3. The zero-order chi connectivity index (χ0) is 30.6. The number of para-hydroxylation sites is 1. The monoisotopic (exact) mass is 590 g/mol.